The Morgan fingerprint density at radius 2 is 1.88 bits per heavy atom. The van der Waals surface area contributed by atoms with Crippen molar-refractivity contribution in [2.45, 2.75) is 11.7 Å². The molecule has 0 atom stereocenters. The van der Waals surface area contributed by atoms with Gasteiger partial charge in [0.25, 0.3) is 0 Å². The predicted octanol–water partition coefficient (Wildman–Crippen LogP) is 4.15. The van der Waals surface area contributed by atoms with Crippen molar-refractivity contribution in [2.24, 2.45) is 7.05 Å². The molecule has 0 bridgehead atoms. The fourth-order valence-corrected chi connectivity index (χ4v) is 3.30. The van der Waals surface area contributed by atoms with E-state index in [0.717, 1.165) is 22.0 Å². The molecule has 25 heavy (non-hydrogen) atoms. The minimum atomic E-state index is -0.00936. The van der Waals surface area contributed by atoms with Crippen LogP contribution in [0.25, 0.3) is 11.3 Å². The van der Waals surface area contributed by atoms with E-state index in [4.69, 9.17) is 11.6 Å². The van der Waals surface area contributed by atoms with E-state index in [9.17, 15) is 4.79 Å². The van der Waals surface area contributed by atoms with Gasteiger partial charge in [-0.15, -0.1) is 0 Å². The van der Waals surface area contributed by atoms with Gasteiger partial charge in [0.2, 0.25) is 5.91 Å². The van der Waals surface area contributed by atoms with Gasteiger partial charge in [-0.3, -0.25) is 4.79 Å². The van der Waals surface area contributed by atoms with E-state index in [1.165, 1.54) is 11.8 Å². The van der Waals surface area contributed by atoms with Crippen molar-refractivity contribution >= 4 is 29.3 Å². The highest BCUT2D eigenvalue weighted by Crippen LogP contribution is 2.25. The molecule has 1 amide bonds. The predicted molar refractivity (Wildman–Crippen MR) is 103 cm³/mol. The highest BCUT2D eigenvalue weighted by Gasteiger charge is 2.11. The van der Waals surface area contributed by atoms with Crippen molar-refractivity contribution in [2.75, 3.05) is 5.75 Å². The Morgan fingerprint density at radius 1 is 1.16 bits per heavy atom. The first kappa shape index (κ1) is 17.6. The van der Waals surface area contributed by atoms with E-state index < -0.39 is 0 Å². The molecule has 1 aromatic heterocycles. The molecule has 0 spiro atoms. The van der Waals surface area contributed by atoms with Gasteiger partial charge in [0.15, 0.2) is 5.16 Å². The van der Waals surface area contributed by atoms with Crippen molar-refractivity contribution in [1.29, 1.82) is 0 Å². The molecule has 0 unspecified atom stereocenters. The van der Waals surface area contributed by atoms with Crippen LogP contribution in [0, 0.1) is 0 Å². The fraction of sp³-hybridized carbons (Fsp3) is 0.158. The monoisotopic (exact) mass is 371 g/mol. The van der Waals surface area contributed by atoms with Crippen LogP contribution in [0.15, 0.2) is 66.0 Å². The van der Waals surface area contributed by atoms with Crippen LogP contribution in [-0.4, -0.2) is 21.2 Å². The van der Waals surface area contributed by atoms with Gasteiger partial charge in [-0.2, -0.15) is 0 Å². The van der Waals surface area contributed by atoms with Gasteiger partial charge in [0.1, 0.15) is 0 Å². The first-order valence-electron chi connectivity index (χ1n) is 7.84. The molecule has 0 aliphatic rings. The number of carbonyl (C=O) groups is 1. The number of amides is 1. The highest BCUT2D eigenvalue weighted by molar-refractivity contribution is 7.99. The molecule has 0 saturated carbocycles. The zero-order valence-corrected chi connectivity index (χ0v) is 15.3. The summed E-state index contributed by atoms with van der Waals surface area (Å²) in [5.74, 6) is 0.322. The number of rotatable bonds is 6. The first-order chi connectivity index (χ1) is 12.1. The third kappa shape index (κ3) is 4.65. The number of thioether (sulfide) groups is 1. The lowest BCUT2D eigenvalue weighted by Crippen LogP contribution is -2.24. The van der Waals surface area contributed by atoms with E-state index in [-0.39, 0.29) is 5.91 Å². The number of hydrogen-bond donors (Lipinski definition) is 1. The number of aromatic nitrogens is 2. The van der Waals surface area contributed by atoms with Crippen molar-refractivity contribution in [3.63, 3.8) is 0 Å². The SMILES string of the molecule is Cn1c(-c2ccc(Cl)cc2)cnc1SCC(=O)NCc1ccccc1. The summed E-state index contributed by atoms with van der Waals surface area (Å²) in [4.78, 5) is 16.4. The average molecular weight is 372 g/mol. The second-order valence-electron chi connectivity index (χ2n) is 5.54. The summed E-state index contributed by atoms with van der Waals surface area (Å²) < 4.78 is 1.98. The minimum Gasteiger partial charge on any atom is -0.351 e. The molecule has 3 rings (SSSR count). The smallest absolute Gasteiger partial charge is 0.230 e. The van der Waals surface area contributed by atoms with Crippen LogP contribution in [0.1, 0.15) is 5.56 Å². The van der Waals surface area contributed by atoms with Gasteiger partial charge >= 0.3 is 0 Å². The third-order valence-corrected chi connectivity index (χ3v) is 5.05. The van der Waals surface area contributed by atoms with Crippen molar-refractivity contribution in [3.8, 4) is 11.3 Å². The molecule has 128 valence electrons. The maximum atomic E-state index is 12.0. The standard InChI is InChI=1S/C19H18ClN3OS/c1-23-17(15-7-9-16(20)10-8-15)12-22-19(23)25-13-18(24)21-11-14-5-3-2-4-6-14/h2-10,12H,11,13H2,1H3,(H,21,24). The molecule has 0 aliphatic heterocycles. The second kappa shape index (κ2) is 8.23. The summed E-state index contributed by atoms with van der Waals surface area (Å²) in [6.07, 6.45) is 1.81. The van der Waals surface area contributed by atoms with Gasteiger partial charge in [-0.05, 0) is 23.3 Å². The number of benzene rings is 2. The van der Waals surface area contributed by atoms with E-state index >= 15 is 0 Å². The summed E-state index contributed by atoms with van der Waals surface area (Å²) in [6, 6.07) is 17.5. The number of imidazole rings is 1. The van der Waals surface area contributed by atoms with E-state index in [0.29, 0.717) is 17.3 Å². The van der Waals surface area contributed by atoms with Gasteiger partial charge < -0.3 is 9.88 Å². The summed E-state index contributed by atoms with van der Waals surface area (Å²) in [7, 11) is 1.95. The van der Waals surface area contributed by atoms with E-state index in [1.807, 2.05) is 72.4 Å². The highest BCUT2D eigenvalue weighted by atomic mass is 35.5. The largest absolute Gasteiger partial charge is 0.351 e. The summed E-state index contributed by atoms with van der Waals surface area (Å²) in [5.41, 5.74) is 3.12. The fourth-order valence-electron chi connectivity index (χ4n) is 2.39. The zero-order valence-electron chi connectivity index (χ0n) is 13.8. The van der Waals surface area contributed by atoms with Crippen molar-refractivity contribution < 1.29 is 4.79 Å². The van der Waals surface area contributed by atoms with Crippen LogP contribution in [0.2, 0.25) is 5.02 Å². The minimum absolute atomic E-state index is 0.00936. The Bertz CT molecular complexity index is 847. The van der Waals surface area contributed by atoms with Crippen LogP contribution in [-0.2, 0) is 18.4 Å². The Labute approximate surface area is 156 Å². The third-order valence-electron chi connectivity index (χ3n) is 3.75. The molecule has 0 saturated heterocycles. The average Bonchev–Trinajstić information content (AvgIpc) is 3.00. The molecular formula is C19H18ClN3OS. The van der Waals surface area contributed by atoms with Crippen molar-refractivity contribution in [3.05, 3.63) is 71.4 Å². The van der Waals surface area contributed by atoms with Crippen molar-refractivity contribution in [1.82, 2.24) is 14.9 Å². The maximum absolute atomic E-state index is 12.0. The molecule has 1 N–H and O–H groups in total. The van der Waals surface area contributed by atoms with Gasteiger partial charge in [0.05, 0.1) is 17.6 Å². The molecule has 4 nitrogen and oxygen atoms in total. The molecule has 6 heteroatoms. The maximum Gasteiger partial charge on any atom is 0.230 e. The molecular weight excluding hydrogens is 354 g/mol. The summed E-state index contributed by atoms with van der Waals surface area (Å²) in [6.45, 7) is 0.539. The second-order valence-corrected chi connectivity index (χ2v) is 6.92. The Hall–Kier alpha value is -2.24. The van der Waals surface area contributed by atoms with Gasteiger partial charge in [-0.25, -0.2) is 4.98 Å². The molecule has 2 aromatic carbocycles. The quantitative estimate of drug-likeness (QED) is 0.662. The van der Waals surface area contributed by atoms with E-state index in [1.54, 1.807) is 0 Å². The molecule has 0 fully saturated rings. The summed E-state index contributed by atoms with van der Waals surface area (Å²) >= 11 is 7.35. The number of carbonyl (C=O) groups excluding carboxylic acids is 1. The lowest BCUT2D eigenvalue weighted by Gasteiger charge is -2.07. The van der Waals surface area contributed by atoms with Crippen LogP contribution >= 0.6 is 23.4 Å². The van der Waals surface area contributed by atoms with Gasteiger partial charge in [-0.1, -0.05) is 65.8 Å². The van der Waals surface area contributed by atoms with Gasteiger partial charge in [0, 0.05) is 18.6 Å². The topological polar surface area (TPSA) is 46.9 Å². The molecule has 3 aromatic rings. The molecule has 0 aliphatic carbocycles. The van der Waals surface area contributed by atoms with Crippen LogP contribution in [0.5, 0.6) is 0 Å². The normalized spacial score (nSPS) is 10.6. The summed E-state index contributed by atoms with van der Waals surface area (Å²) in [5, 5.41) is 4.43. The van der Waals surface area contributed by atoms with Crippen LogP contribution in [0.3, 0.4) is 0 Å². The molecule has 0 radical (unpaired) electrons. The zero-order chi connectivity index (χ0) is 17.6. The van der Waals surface area contributed by atoms with Crippen LogP contribution < -0.4 is 5.32 Å². The Balaban J connectivity index is 1.56. The number of nitrogens with one attached hydrogen (secondary N) is 1. The van der Waals surface area contributed by atoms with E-state index in [2.05, 4.69) is 10.3 Å². The lowest BCUT2D eigenvalue weighted by atomic mass is 10.2. The number of hydrogen-bond acceptors (Lipinski definition) is 3. The first-order valence-corrected chi connectivity index (χ1v) is 9.21. The lowest BCUT2D eigenvalue weighted by molar-refractivity contribution is -0.118. The number of halogens is 1. The Morgan fingerprint density at radius 3 is 2.60 bits per heavy atom. The Kier molecular flexibility index (Phi) is 5.79. The molecule has 1 heterocycles. The van der Waals surface area contributed by atoms with Crippen LogP contribution in [0.4, 0.5) is 0 Å². The number of nitrogens with zero attached hydrogens (tertiary/aromatic N) is 2.